The largest absolute Gasteiger partial charge is 0.462 e. The lowest BCUT2D eigenvalue weighted by Gasteiger charge is -2.12. The minimum Gasteiger partial charge on any atom is -0.462 e. The molecule has 0 spiro atoms. The van der Waals surface area contributed by atoms with Gasteiger partial charge in [0.25, 0.3) is 17.5 Å². The van der Waals surface area contributed by atoms with Crippen molar-refractivity contribution in [3.05, 3.63) is 97.9 Å². The molecule has 4 rings (SSSR count). The molecule has 0 aliphatic carbocycles. The van der Waals surface area contributed by atoms with Gasteiger partial charge in [0.15, 0.2) is 0 Å². The topological polar surface area (TPSA) is 136 Å². The number of hydrogen-bond donors (Lipinski definition) is 1. The normalized spacial score (nSPS) is 12.6. The van der Waals surface area contributed by atoms with E-state index in [1.165, 1.54) is 42.5 Å². The van der Waals surface area contributed by atoms with Crippen LogP contribution in [0.25, 0.3) is 6.08 Å². The van der Waals surface area contributed by atoms with Gasteiger partial charge < -0.3 is 10.1 Å². The number of esters is 1. The molecule has 1 aliphatic heterocycles. The Morgan fingerprint density at radius 1 is 1.08 bits per heavy atom. The molecule has 10 nitrogen and oxygen atoms in total. The van der Waals surface area contributed by atoms with Crippen molar-refractivity contribution in [3.63, 3.8) is 0 Å². The van der Waals surface area contributed by atoms with E-state index in [0.717, 1.165) is 16.2 Å². The van der Waals surface area contributed by atoms with Crippen LogP contribution in [0.2, 0.25) is 0 Å². The molecule has 0 fully saturated rings. The van der Waals surface area contributed by atoms with Crippen molar-refractivity contribution in [2.45, 2.75) is 13.5 Å². The zero-order valence-electron chi connectivity index (χ0n) is 18.9. The molecule has 0 radical (unpaired) electrons. The number of carbonyl (C=O) groups is 4. The first kappa shape index (κ1) is 24.5. The number of imide groups is 1. The van der Waals surface area contributed by atoms with Gasteiger partial charge in [-0.25, -0.2) is 4.79 Å². The molecule has 0 saturated heterocycles. The van der Waals surface area contributed by atoms with E-state index >= 15 is 0 Å². The summed E-state index contributed by atoms with van der Waals surface area (Å²) in [5.41, 5.74) is 1.23. The molecular formula is C25H19N3O7S. The summed E-state index contributed by atoms with van der Waals surface area (Å²) in [7, 11) is 0. The van der Waals surface area contributed by atoms with Gasteiger partial charge in [-0.1, -0.05) is 12.1 Å². The van der Waals surface area contributed by atoms with Crippen LogP contribution in [-0.4, -0.2) is 40.1 Å². The third-order valence-corrected chi connectivity index (χ3v) is 6.27. The first-order valence-corrected chi connectivity index (χ1v) is 11.6. The van der Waals surface area contributed by atoms with Crippen LogP contribution < -0.4 is 5.32 Å². The highest BCUT2D eigenvalue weighted by Crippen LogP contribution is 2.32. The number of fused-ring (bicyclic) bond motifs is 1. The van der Waals surface area contributed by atoms with Crippen molar-refractivity contribution in [1.29, 1.82) is 0 Å². The number of nitro groups is 1. The number of carbonyl (C=O) groups excluding carboxylic acids is 4. The van der Waals surface area contributed by atoms with E-state index in [9.17, 15) is 29.3 Å². The summed E-state index contributed by atoms with van der Waals surface area (Å²) >= 11 is 1.05. The number of rotatable bonds is 8. The van der Waals surface area contributed by atoms with Gasteiger partial charge in [0.2, 0.25) is 5.91 Å². The Bertz CT molecular complexity index is 1370. The van der Waals surface area contributed by atoms with E-state index in [0.29, 0.717) is 21.6 Å². The monoisotopic (exact) mass is 505 g/mol. The Morgan fingerprint density at radius 2 is 1.72 bits per heavy atom. The number of anilines is 1. The second kappa shape index (κ2) is 10.3. The summed E-state index contributed by atoms with van der Waals surface area (Å²) in [6.07, 6.45) is 2.69. The molecule has 0 unspecified atom stereocenters. The maximum Gasteiger partial charge on any atom is 0.341 e. The summed E-state index contributed by atoms with van der Waals surface area (Å²) in [4.78, 5) is 62.2. The predicted molar refractivity (Wildman–Crippen MR) is 132 cm³/mol. The van der Waals surface area contributed by atoms with Crippen molar-refractivity contribution >= 4 is 51.8 Å². The highest BCUT2D eigenvalue weighted by Gasteiger charge is 2.35. The first-order valence-electron chi connectivity index (χ1n) is 10.8. The molecule has 1 aliphatic rings. The van der Waals surface area contributed by atoms with Crippen LogP contribution in [0.4, 0.5) is 10.7 Å². The Morgan fingerprint density at radius 3 is 2.31 bits per heavy atom. The molecule has 1 N–H and O–H groups in total. The zero-order valence-corrected chi connectivity index (χ0v) is 19.7. The van der Waals surface area contributed by atoms with Crippen LogP contribution in [0.3, 0.4) is 0 Å². The van der Waals surface area contributed by atoms with E-state index < -0.39 is 28.6 Å². The zero-order chi connectivity index (χ0) is 25.8. The lowest BCUT2D eigenvalue weighted by molar-refractivity contribution is -0.384. The van der Waals surface area contributed by atoms with Gasteiger partial charge in [0.1, 0.15) is 5.00 Å². The fourth-order valence-corrected chi connectivity index (χ4v) is 4.58. The van der Waals surface area contributed by atoms with Gasteiger partial charge in [-0.15, -0.1) is 11.3 Å². The molecule has 3 amide bonds. The van der Waals surface area contributed by atoms with Crippen molar-refractivity contribution in [3.8, 4) is 0 Å². The van der Waals surface area contributed by atoms with E-state index in [2.05, 4.69) is 5.32 Å². The van der Waals surface area contributed by atoms with Crippen LogP contribution in [0, 0.1) is 10.1 Å². The van der Waals surface area contributed by atoms with Crippen LogP contribution in [0.15, 0.2) is 60.7 Å². The van der Waals surface area contributed by atoms with E-state index in [-0.39, 0.29) is 29.4 Å². The minimum absolute atomic E-state index is 0.0696. The van der Waals surface area contributed by atoms with Crippen LogP contribution >= 0.6 is 11.3 Å². The molecule has 36 heavy (non-hydrogen) atoms. The molecular weight excluding hydrogens is 486 g/mol. The molecule has 0 bridgehead atoms. The Kier molecular flexibility index (Phi) is 7.02. The van der Waals surface area contributed by atoms with E-state index in [1.54, 1.807) is 31.2 Å². The van der Waals surface area contributed by atoms with Gasteiger partial charge in [-0.3, -0.25) is 29.4 Å². The minimum atomic E-state index is -0.656. The van der Waals surface area contributed by atoms with Crippen molar-refractivity contribution in [2.75, 3.05) is 11.9 Å². The summed E-state index contributed by atoms with van der Waals surface area (Å²) in [5.74, 6) is -2.07. The van der Waals surface area contributed by atoms with Gasteiger partial charge >= 0.3 is 5.97 Å². The number of hydrogen-bond acceptors (Lipinski definition) is 8. The van der Waals surface area contributed by atoms with Crippen molar-refractivity contribution in [1.82, 2.24) is 4.90 Å². The lowest BCUT2D eigenvalue weighted by Crippen LogP contribution is -2.28. The third kappa shape index (κ3) is 5.05. The summed E-state index contributed by atoms with van der Waals surface area (Å²) < 4.78 is 5.08. The number of non-ortho nitro benzene ring substituents is 1. The van der Waals surface area contributed by atoms with E-state index in [4.69, 9.17) is 4.74 Å². The molecule has 1 aromatic heterocycles. The predicted octanol–water partition coefficient (Wildman–Crippen LogP) is 4.28. The Balaban J connectivity index is 1.52. The average Bonchev–Trinajstić information content (AvgIpc) is 3.37. The smallest absolute Gasteiger partial charge is 0.341 e. The van der Waals surface area contributed by atoms with Gasteiger partial charge in [-0.2, -0.15) is 0 Å². The van der Waals surface area contributed by atoms with Crippen LogP contribution in [0.5, 0.6) is 0 Å². The highest BCUT2D eigenvalue weighted by molar-refractivity contribution is 7.16. The Hall–Kier alpha value is -4.64. The maximum absolute atomic E-state index is 12.7. The number of benzene rings is 2. The number of amides is 3. The number of nitrogens with one attached hydrogen (secondary N) is 1. The van der Waals surface area contributed by atoms with Gasteiger partial charge in [0.05, 0.1) is 34.8 Å². The first-order chi connectivity index (χ1) is 17.3. The lowest BCUT2D eigenvalue weighted by atomic mass is 10.1. The number of nitro benzene ring substituents is 1. The highest BCUT2D eigenvalue weighted by atomic mass is 32.1. The molecule has 182 valence electrons. The molecule has 2 heterocycles. The van der Waals surface area contributed by atoms with Gasteiger partial charge in [-0.05, 0) is 48.9 Å². The fourth-order valence-electron chi connectivity index (χ4n) is 3.54. The van der Waals surface area contributed by atoms with Crippen LogP contribution in [0.1, 0.15) is 48.4 Å². The van der Waals surface area contributed by atoms with Gasteiger partial charge in [0, 0.05) is 23.1 Å². The Labute approximate surface area is 208 Å². The molecule has 0 atom stereocenters. The third-order valence-electron chi connectivity index (χ3n) is 5.24. The van der Waals surface area contributed by atoms with Crippen molar-refractivity contribution < 1.29 is 28.8 Å². The molecule has 3 aromatic rings. The summed E-state index contributed by atoms with van der Waals surface area (Å²) in [6.45, 7) is 1.70. The maximum atomic E-state index is 12.7. The quantitative estimate of drug-likeness (QED) is 0.159. The molecule has 11 heteroatoms. The van der Waals surface area contributed by atoms with E-state index in [1.807, 2.05) is 0 Å². The number of thiophene rings is 1. The molecule has 0 saturated carbocycles. The molecule has 2 aromatic carbocycles. The SMILES string of the molecule is CCOC(=O)c1cc(CN2C(=O)c3ccccc3C2=O)sc1NC(=O)/C=C/c1ccc([N+](=O)[O-])cc1. The fraction of sp³-hybridized carbons (Fsp3) is 0.120. The number of nitrogens with zero attached hydrogens (tertiary/aromatic N) is 2. The summed E-state index contributed by atoms with van der Waals surface area (Å²) in [6, 6.07) is 13.6. The second-order valence-electron chi connectivity index (χ2n) is 7.59. The summed E-state index contributed by atoms with van der Waals surface area (Å²) in [5, 5.41) is 13.6. The second-order valence-corrected chi connectivity index (χ2v) is 8.73. The van der Waals surface area contributed by atoms with Crippen LogP contribution in [-0.2, 0) is 16.1 Å². The van der Waals surface area contributed by atoms with Crippen molar-refractivity contribution in [2.24, 2.45) is 0 Å². The standard InChI is InChI=1S/C25H19N3O7S/c1-2-35-25(32)20-13-17(14-27-23(30)18-5-3-4-6-19(18)24(27)31)36-22(20)26-21(29)12-9-15-7-10-16(11-8-15)28(33)34/h3-13H,2,14H2,1H3,(H,26,29)/b12-9+. The number of ether oxygens (including phenoxy) is 1. The average molecular weight is 506 g/mol.